The molecule has 1 amide bonds. The molecule has 0 saturated heterocycles. The summed E-state index contributed by atoms with van der Waals surface area (Å²) >= 11 is 11.8. The number of amides is 1. The number of ether oxygens (including phenoxy) is 3. The number of nitrogens with one attached hydrogen (secondary N) is 1. The van der Waals surface area contributed by atoms with Crippen LogP contribution in [0.15, 0.2) is 36.4 Å². The molecule has 0 aliphatic carbocycles. The topological polar surface area (TPSA) is 73.9 Å². The minimum atomic E-state index is -0.737. The molecule has 1 N–H and O–H groups in total. The van der Waals surface area contributed by atoms with Gasteiger partial charge in [0.2, 0.25) is 0 Å². The zero-order chi connectivity index (χ0) is 19.8. The zero-order valence-corrected chi connectivity index (χ0v) is 16.4. The first-order chi connectivity index (χ1) is 13.0. The molecule has 0 heterocycles. The second-order valence-corrected chi connectivity index (χ2v) is 6.04. The highest BCUT2D eigenvalue weighted by molar-refractivity contribution is 6.43. The summed E-state index contributed by atoms with van der Waals surface area (Å²) in [6, 6.07) is 9.59. The highest BCUT2D eigenvalue weighted by atomic mass is 35.5. The lowest BCUT2D eigenvalue weighted by molar-refractivity contribution is -0.119. The van der Waals surface area contributed by atoms with Crippen molar-refractivity contribution >= 4 is 40.8 Å². The van der Waals surface area contributed by atoms with Crippen molar-refractivity contribution in [3.05, 3.63) is 52.0 Å². The molecule has 0 fully saturated rings. The Morgan fingerprint density at radius 1 is 1.00 bits per heavy atom. The van der Waals surface area contributed by atoms with Gasteiger partial charge in [-0.15, -0.1) is 0 Å². The van der Waals surface area contributed by atoms with Crippen molar-refractivity contribution in [3.63, 3.8) is 0 Å². The quantitative estimate of drug-likeness (QED) is 0.643. The van der Waals surface area contributed by atoms with Gasteiger partial charge >= 0.3 is 5.97 Å². The number of carbonyl (C=O) groups is 2. The third-order valence-electron chi connectivity index (χ3n) is 3.33. The van der Waals surface area contributed by atoms with E-state index in [0.29, 0.717) is 30.4 Å². The van der Waals surface area contributed by atoms with E-state index in [0.717, 1.165) is 0 Å². The molecule has 0 aliphatic rings. The summed E-state index contributed by atoms with van der Waals surface area (Å²) in [5, 5.41) is 2.94. The molecule has 8 heteroatoms. The molecule has 0 spiro atoms. The Kier molecular flexibility index (Phi) is 7.76. The van der Waals surface area contributed by atoms with E-state index >= 15 is 0 Å². The van der Waals surface area contributed by atoms with Gasteiger partial charge < -0.3 is 19.5 Å². The van der Waals surface area contributed by atoms with E-state index in [1.54, 1.807) is 30.3 Å². The summed E-state index contributed by atoms with van der Waals surface area (Å²) in [5.74, 6) is -0.147. The molecule has 0 bridgehead atoms. The van der Waals surface area contributed by atoms with Crippen molar-refractivity contribution < 1.29 is 23.8 Å². The molecule has 0 radical (unpaired) electrons. The number of hydrogen-bond donors (Lipinski definition) is 1. The third kappa shape index (κ3) is 5.77. The van der Waals surface area contributed by atoms with Crippen LogP contribution in [-0.2, 0) is 9.53 Å². The zero-order valence-electron chi connectivity index (χ0n) is 14.9. The fourth-order valence-corrected chi connectivity index (χ4v) is 2.57. The predicted octanol–water partition coefficient (Wildman–Crippen LogP) is 4.59. The number of halogens is 2. The lowest BCUT2D eigenvalue weighted by Gasteiger charge is -2.13. The van der Waals surface area contributed by atoms with Crippen molar-refractivity contribution in [1.82, 2.24) is 0 Å². The first kappa shape index (κ1) is 20.9. The van der Waals surface area contributed by atoms with Gasteiger partial charge in [-0.3, -0.25) is 4.79 Å². The van der Waals surface area contributed by atoms with Crippen LogP contribution in [0.3, 0.4) is 0 Å². The van der Waals surface area contributed by atoms with E-state index in [1.807, 2.05) is 13.8 Å². The summed E-state index contributed by atoms with van der Waals surface area (Å²) < 4.78 is 16.0. The molecule has 2 rings (SSSR count). The molecule has 0 unspecified atom stereocenters. The van der Waals surface area contributed by atoms with Crippen LogP contribution in [0.25, 0.3) is 0 Å². The molecule has 2 aromatic carbocycles. The standard InChI is InChI=1S/C19H19Cl2NO5/c1-3-25-15-9-8-12(10-16(15)26-4-2)22-17(23)11-27-19(24)13-6-5-7-14(20)18(13)21/h5-10H,3-4,11H2,1-2H3,(H,22,23). The van der Waals surface area contributed by atoms with Gasteiger partial charge in [0.15, 0.2) is 18.1 Å². The van der Waals surface area contributed by atoms with Crippen LogP contribution in [0.5, 0.6) is 11.5 Å². The molecular weight excluding hydrogens is 393 g/mol. The van der Waals surface area contributed by atoms with Crippen LogP contribution in [0, 0.1) is 0 Å². The Labute approximate surface area is 167 Å². The maximum absolute atomic E-state index is 12.1. The molecule has 0 atom stereocenters. The molecule has 144 valence electrons. The van der Waals surface area contributed by atoms with E-state index in [2.05, 4.69) is 5.32 Å². The van der Waals surface area contributed by atoms with Crippen molar-refractivity contribution in [3.8, 4) is 11.5 Å². The molecule has 2 aromatic rings. The van der Waals surface area contributed by atoms with Crippen LogP contribution >= 0.6 is 23.2 Å². The molecule has 0 saturated carbocycles. The maximum Gasteiger partial charge on any atom is 0.340 e. The average Bonchev–Trinajstić information content (AvgIpc) is 2.64. The van der Waals surface area contributed by atoms with Gasteiger partial charge in [-0.25, -0.2) is 4.79 Å². The minimum Gasteiger partial charge on any atom is -0.490 e. The average molecular weight is 412 g/mol. The molecule has 6 nitrogen and oxygen atoms in total. The number of hydrogen-bond acceptors (Lipinski definition) is 5. The summed E-state index contributed by atoms with van der Waals surface area (Å²) in [6.45, 7) is 4.19. The monoisotopic (exact) mass is 411 g/mol. The lowest BCUT2D eigenvalue weighted by atomic mass is 10.2. The summed E-state index contributed by atoms with van der Waals surface area (Å²) in [4.78, 5) is 24.1. The van der Waals surface area contributed by atoms with Gasteiger partial charge in [0.25, 0.3) is 5.91 Å². The van der Waals surface area contributed by atoms with E-state index < -0.39 is 18.5 Å². The highest BCUT2D eigenvalue weighted by Gasteiger charge is 2.16. The van der Waals surface area contributed by atoms with Gasteiger partial charge in [-0.05, 0) is 38.1 Å². The van der Waals surface area contributed by atoms with Crippen molar-refractivity contribution in [2.45, 2.75) is 13.8 Å². The molecule has 0 aromatic heterocycles. The van der Waals surface area contributed by atoms with E-state index in [9.17, 15) is 9.59 Å². The maximum atomic E-state index is 12.1. The van der Waals surface area contributed by atoms with Gasteiger partial charge in [0.05, 0.1) is 28.8 Å². The highest BCUT2D eigenvalue weighted by Crippen LogP contribution is 2.30. The lowest BCUT2D eigenvalue weighted by Crippen LogP contribution is -2.21. The SMILES string of the molecule is CCOc1ccc(NC(=O)COC(=O)c2cccc(Cl)c2Cl)cc1OCC. The molecule has 0 aliphatic heterocycles. The fourth-order valence-electron chi connectivity index (χ4n) is 2.20. The van der Waals surface area contributed by atoms with Crippen molar-refractivity contribution in [2.24, 2.45) is 0 Å². The predicted molar refractivity (Wildman–Crippen MR) is 104 cm³/mol. The number of anilines is 1. The number of carbonyl (C=O) groups excluding carboxylic acids is 2. The van der Waals surface area contributed by atoms with Crippen molar-refractivity contribution in [1.29, 1.82) is 0 Å². The summed E-state index contributed by atoms with van der Waals surface area (Å²) in [5.41, 5.74) is 0.584. The Balaban J connectivity index is 1.98. The van der Waals surface area contributed by atoms with E-state index in [4.69, 9.17) is 37.4 Å². The summed E-state index contributed by atoms with van der Waals surface area (Å²) in [6.07, 6.45) is 0. The largest absolute Gasteiger partial charge is 0.490 e. The second-order valence-electron chi connectivity index (χ2n) is 5.25. The number of rotatable bonds is 8. The van der Waals surface area contributed by atoms with Gasteiger partial charge in [0, 0.05) is 11.8 Å². The van der Waals surface area contributed by atoms with E-state index in [-0.39, 0.29) is 15.6 Å². The van der Waals surface area contributed by atoms with Crippen LogP contribution in [-0.4, -0.2) is 31.7 Å². The van der Waals surface area contributed by atoms with Crippen LogP contribution in [0.4, 0.5) is 5.69 Å². The number of esters is 1. The van der Waals surface area contributed by atoms with Crippen LogP contribution in [0.2, 0.25) is 10.0 Å². The Hall–Kier alpha value is -2.44. The van der Waals surface area contributed by atoms with Gasteiger partial charge in [-0.1, -0.05) is 29.3 Å². The molecule has 27 heavy (non-hydrogen) atoms. The summed E-state index contributed by atoms with van der Waals surface area (Å²) in [7, 11) is 0. The first-order valence-corrected chi connectivity index (χ1v) is 9.02. The van der Waals surface area contributed by atoms with Crippen LogP contribution < -0.4 is 14.8 Å². The minimum absolute atomic E-state index is 0.0810. The fraction of sp³-hybridized carbons (Fsp3) is 0.263. The van der Waals surface area contributed by atoms with E-state index in [1.165, 1.54) is 6.07 Å². The first-order valence-electron chi connectivity index (χ1n) is 8.26. The van der Waals surface area contributed by atoms with Gasteiger partial charge in [0.1, 0.15) is 0 Å². The van der Waals surface area contributed by atoms with Gasteiger partial charge in [-0.2, -0.15) is 0 Å². The van der Waals surface area contributed by atoms with Crippen molar-refractivity contribution in [2.75, 3.05) is 25.1 Å². The van der Waals surface area contributed by atoms with Crippen LogP contribution in [0.1, 0.15) is 24.2 Å². The Bertz CT molecular complexity index is 826. The Morgan fingerprint density at radius 2 is 1.70 bits per heavy atom. The second kappa shape index (κ2) is 10.0. The smallest absolute Gasteiger partial charge is 0.340 e. The molecular formula is C19H19Cl2NO5. The third-order valence-corrected chi connectivity index (χ3v) is 4.15. The number of benzene rings is 2. The normalized spacial score (nSPS) is 10.2. The Morgan fingerprint density at radius 3 is 2.41 bits per heavy atom.